The number of nitrogens with zero attached hydrogens (tertiary/aromatic N) is 2. The number of benzene rings is 1. The van der Waals surface area contributed by atoms with Crippen molar-refractivity contribution < 1.29 is 19.2 Å². The molecule has 1 heterocycles. The molecular formula is C20H31ClN2O5Si. The maximum atomic E-state index is 12.2. The molecule has 7 nitrogen and oxygen atoms in total. The van der Waals surface area contributed by atoms with Crippen molar-refractivity contribution >= 4 is 31.5 Å². The summed E-state index contributed by atoms with van der Waals surface area (Å²) in [4.78, 5) is 24.9. The molecule has 1 aliphatic rings. The molecule has 2 rings (SSSR count). The van der Waals surface area contributed by atoms with Crippen LogP contribution in [0.3, 0.4) is 0 Å². The predicted molar refractivity (Wildman–Crippen MR) is 117 cm³/mol. The largest absolute Gasteiger partial charge is 0.489 e. The van der Waals surface area contributed by atoms with Crippen molar-refractivity contribution in [2.24, 2.45) is 0 Å². The van der Waals surface area contributed by atoms with E-state index in [1.165, 1.54) is 6.07 Å². The van der Waals surface area contributed by atoms with Crippen LogP contribution < -0.4 is 4.74 Å². The minimum Gasteiger partial charge on any atom is -0.489 e. The summed E-state index contributed by atoms with van der Waals surface area (Å²) in [5.74, 6) is 0.473. The number of nitro benzene ring substituents is 1. The summed E-state index contributed by atoms with van der Waals surface area (Å²) in [6.45, 7) is 13.1. The van der Waals surface area contributed by atoms with Gasteiger partial charge in [0.05, 0.1) is 9.95 Å². The van der Waals surface area contributed by atoms with E-state index < -0.39 is 13.7 Å². The lowest BCUT2D eigenvalue weighted by atomic mass is 10.1. The number of carbonyl (C=O) groups excluding carboxylic acids is 1. The summed E-state index contributed by atoms with van der Waals surface area (Å²) in [5.41, 5.74) is 0.188. The molecule has 0 aliphatic carbocycles. The third-order valence-corrected chi connectivity index (χ3v) is 6.17. The first kappa shape index (κ1) is 23.5. The zero-order valence-electron chi connectivity index (χ0n) is 18.1. The van der Waals surface area contributed by atoms with Gasteiger partial charge in [-0.3, -0.25) is 10.1 Å². The number of rotatable bonds is 5. The van der Waals surface area contributed by atoms with Gasteiger partial charge in [0.2, 0.25) is 0 Å². The number of amides is 1. The lowest BCUT2D eigenvalue weighted by Crippen LogP contribution is -2.44. The number of hydrogen-bond acceptors (Lipinski definition) is 5. The van der Waals surface area contributed by atoms with Gasteiger partial charge in [-0.05, 0) is 32.9 Å². The van der Waals surface area contributed by atoms with Gasteiger partial charge in [-0.15, -0.1) is 0 Å². The van der Waals surface area contributed by atoms with Crippen LogP contribution in [0.15, 0.2) is 12.1 Å². The molecule has 9 heteroatoms. The van der Waals surface area contributed by atoms with Crippen molar-refractivity contribution in [2.45, 2.75) is 71.0 Å². The van der Waals surface area contributed by atoms with E-state index in [1.807, 2.05) is 20.8 Å². The van der Waals surface area contributed by atoms with E-state index in [0.717, 1.165) is 0 Å². The summed E-state index contributed by atoms with van der Waals surface area (Å²) >= 11 is 6.29. The van der Waals surface area contributed by atoms with Crippen LogP contribution >= 0.6 is 11.6 Å². The molecule has 0 N–H and O–H groups in total. The second-order valence-corrected chi connectivity index (χ2v) is 15.6. The lowest BCUT2D eigenvalue weighted by Gasteiger charge is -2.33. The Labute approximate surface area is 178 Å². The molecule has 0 unspecified atom stereocenters. The van der Waals surface area contributed by atoms with Gasteiger partial charge in [-0.25, -0.2) is 4.79 Å². The molecule has 1 fully saturated rings. The minimum atomic E-state index is -1.57. The number of ether oxygens (including phenoxy) is 2. The van der Waals surface area contributed by atoms with Crippen molar-refractivity contribution in [3.63, 3.8) is 0 Å². The molecular weight excluding hydrogens is 412 g/mol. The monoisotopic (exact) mass is 442 g/mol. The van der Waals surface area contributed by atoms with Crippen LogP contribution in [0.1, 0.15) is 39.2 Å². The Morgan fingerprint density at radius 2 is 1.86 bits per heavy atom. The van der Waals surface area contributed by atoms with Crippen LogP contribution in [0.25, 0.3) is 0 Å². The Morgan fingerprint density at radius 1 is 1.28 bits per heavy atom. The SMILES string of the molecule is CC(C)(C)OC(=O)N1CCC(Oc2cc(C[Si](C)(C)C)c([N+](=O)[O-])cc2Cl)CC1. The van der Waals surface area contributed by atoms with E-state index in [-0.39, 0.29) is 27.8 Å². The molecule has 0 spiro atoms. The van der Waals surface area contributed by atoms with Gasteiger partial charge >= 0.3 is 6.09 Å². The number of nitro groups is 1. The summed E-state index contributed by atoms with van der Waals surface area (Å²) in [6, 6.07) is 3.79. The molecule has 0 bridgehead atoms. The second kappa shape index (κ2) is 8.91. The van der Waals surface area contributed by atoms with Gasteiger partial charge < -0.3 is 14.4 Å². The fraction of sp³-hybridized carbons (Fsp3) is 0.650. The van der Waals surface area contributed by atoms with E-state index in [4.69, 9.17) is 21.1 Å². The highest BCUT2D eigenvalue weighted by Crippen LogP contribution is 2.35. The van der Waals surface area contributed by atoms with Gasteiger partial charge in [0.25, 0.3) is 5.69 Å². The number of hydrogen-bond donors (Lipinski definition) is 0. The van der Waals surface area contributed by atoms with Crippen LogP contribution in [0.5, 0.6) is 5.75 Å². The highest BCUT2D eigenvalue weighted by atomic mass is 35.5. The molecule has 0 aromatic heterocycles. The third-order valence-electron chi connectivity index (χ3n) is 4.44. The highest BCUT2D eigenvalue weighted by Gasteiger charge is 2.29. The van der Waals surface area contributed by atoms with Gasteiger partial charge in [0.1, 0.15) is 17.5 Å². The first-order valence-electron chi connectivity index (χ1n) is 9.86. The number of piperidine rings is 1. The van der Waals surface area contributed by atoms with Crippen LogP contribution in [-0.2, 0) is 10.8 Å². The van der Waals surface area contributed by atoms with Crippen LogP contribution in [-0.4, -0.2) is 48.8 Å². The maximum Gasteiger partial charge on any atom is 0.410 e. The van der Waals surface area contributed by atoms with Gasteiger partial charge in [0.15, 0.2) is 0 Å². The van der Waals surface area contributed by atoms with Gasteiger partial charge in [-0.2, -0.15) is 0 Å². The predicted octanol–water partition coefficient (Wildman–Crippen LogP) is 5.45. The summed E-state index contributed by atoms with van der Waals surface area (Å²) in [6.07, 6.45) is 0.875. The molecule has 1 aromatic rings. The highest BCUT2D eigenvalue weighted by molar-refractivity contribution is 6.75. The van der Waals surface area contributed by atoms with E-state index in [9.17, 15) is 14.9 Å². The smallest absolute Gasteiger partial charge is 0.410 e. The van der Waals surface area contributed by atoms with Gasteiger partial charge in [-0.1, -0.05) is 31.2 Å². The van der Waals surface area contributed by atoms with E-state index in [2.05, 4.69) is 19.6 Å². The van der Waals surface area contributed by atoms with Crippen LogP contribution in [0.4, 0.5) is 10.5 Å². The summed E-state index contributed by atoms with van der Waals surface area (Å²) in [5, 5.41) is 11.7. The molecule has 1 aliphatic heterocycles. The van der Waals surface area contributed by atoms with E-state index >= 15 is 0 Å². The average molecular weight is 443 g/mol. The molecule has 1 saturated heterocycles. The van der Waals surface area contributed by atoms with Gasteiger partial charge in [0, 0.05) is 45.6 Å². The molecule has 162 valence electrons. The Bertz CT molecular complexity index is 765. The molecule has 29 heavy (non-hydrogen) atoms. The average Bonchev–Trinajstić information content (AvgIpc) is 2.55. The normalized spacial score (nSPS) is 15.9. The molecule has 0 radical (unpaired) electrons. The number of likely N-dealkylation sites (tertiary alicyclic amines) is 1. The summed E-state index contributed by atoms with van der Waals surface area (Å²) in [7, 11) is -1.57. The Hall–Kier alpha value is -1.80. The number of carbonyl (C=O) groups is 1. The van der Waals surface area contributed by atoms with Crippen molar-refractivity contribution in [1.29, 1.82) is 0 Å². The maximum absolute atomic E-state index is 12.2. The molecule has 0 atom stereocenters. The first-order valence-corrected chi connectivity index (χ1v) is 13.9. The second-order valence-electron chi connectivity index (χ2n) is 9.69. The zero-order chi connectivity index (χ0) is 22.0. The van der Waals surface area contributed by atoms with E-state index in [1.54, 1.807) is 11.0 Å². The fourth-order valence-corrected chi connectivity index (χ4v) is 4.85. The van der Waals surface area contributed by atoms with Crippen molar-refractivity contribution in [3.8, 4) is 5.75 Å². The standard InChI is InChI=1S/C20H31ClN2O5Si/c1-20(2,3)28-19(24)22-9-7-15(8-10-22)27-18-11-14(13-29(4,5)6)17(23(25)26)12-16(18)21/h11-12,15H,7-10,13H2,1-6H3. The fourth-order valence-electron chi connectivity index (χ4n) is 3.22. The number of halogens is 1. The van der Waals surface area contributed by atoms with Crippen LogP contribution in [0.2, 0.25) is 24.7 Å². The molecule has 0 saturated carbocycles. The topological polar surface area (TPSA) is 81.9 Å². The molecule has 1 amide bonds. The minimum absolute atomic E-state index is 0.0459. The Balaban J connectivity index is 2.08. The van der Waals surface area contributed by atoms with Crippen molar-refractivity contribution in [3.05, 3.63) is 32.8 Å². The third kappa shape index (κ3) is 7.19. The zero-order valence-corrected chi connectivity index (χ0v) is 19.8. The van der Waals surface area contributed by atoms with Crippen molar-refractivity contribution in [2.75, 3.05) is 13.1 Å². The van der Waals surface area contributed by atoms with Crippen molar-refractivity contribution in [1.82, 2.24) is 4.90 Å². The van der Waals surface area contributed by atoms with E-state index in [0.29, 0.717) is 43.3 Å². The lowest BCUT2D eigenvalue weighted by molar-refractivity contribution is -0.385. The first-order chi connectivity index (χ1) is 13.2. The Kier molecular flexibility index (Phi) is 7.22. The molecule has 1 aromatic carbocycles. The van der Waals surface area contributed by atoms with Crippen LogP contribution in [0, 0.1) is 10.1 Å². The summed E-state index contributed by atoms with van der Waals surface area (Å²) < 4.78 is 11.5. The quantitative estimate of drug-likeness (QED) is 0.344. The Morgan fingerprint density at radius 3 is 2.34 bits per heavy atom.